The van der Waals surface area contributed by atoms with Gasteiger partial charge < -0.3 is 5.32 Å². The fraction of sp³-hybridized carbons (Fsp3) is 0.182. The summed E-state index contributed by atoms with van der Waals surface area (Å²) in [7, 11) is 1.81. The van der Waals surface area contributed by atoms with Crippen molar-refractivity contribution in [2.45, 2.75) is 6.04 Å². The van der Waals surface area contributed by atoms with Gasteiger partial charge in [0.15, 0.2) is 0 Å². The number of halogens is 3. The molecule has 6 heteroatoms. The highest BCUT2D eigenvalue weighted by atomic mass is 79.9. The number of aromatic nitrogens is 1. The molecule has 0 spiro atoms. The van der Waals surface area contributed by atoms with Crippen molar-refractivity contribution in [1.82, 2.24) is 10.3 Å². The van der Waals surface area contributed by atoms with Gasteiger partial charge in [-0.3, -0.25) is 4.98 Å². The molecule has 0 aliphatic heterocycles. The maximum Gasteiger partial charge on any atom is 0.146 e. The van der Waals surface area contributed by atoms with Gasteiger partial charge in [-0.25, -0.2) is 4.39 Å². The molecule has 0 aliphatic carbocycles. The van der Waals surface area contributed by atoms with Crippen LogP contribution in [0.25, 0.3) is 0 Å². The van der Waals surface area contributed by atoms with Crippen LogP contribution in [0.3, 0.4) is 0 Å². The Morgan fingerprint density at radius 3 is 2.76 bits per heavy atom. The molecule has 2 aromatic heterocycles. The van der Waals surface area contributed by atoms with Crippen molar-refractivity contribution >= 4 is 43.2 Å². The van der Waals surface area contributed by atoms with E-state index < -0.39 is 0 Å². The van der Waals surface area contributed by atoms with Gasteiger partial charge in [0.25, 0.3) is 0 Å². The van der Waals surface area contributed by atoms with E-state index in [1.165, 1.54) is 6.20 Å². The van der Waals surface area contributed by atoms with Gasteiger partial charge in [0, 0.05) is 21.1 Å². The van der Waals surface area contributed by atoms with Crippen molar-refractivity contribution in [1.29, 1.82) is 0 Å². The number of thiophene rings is 1. The Kier molecular flexibility index (Phi) is 4.30. The third-order valence-corrected chi connectivity index (χ3v) is 5.67. The van der Waals surface area contributed by atoms with E-state index in [0.717, 1.165) is 13.1 Å². The highest BCUT2D eigenvalue weighted by molar-refractivity contribution is 9.13. The van der Waals surface area contributed by atoms with Crippen molar-refractivity contribution in [3.8, 4) is 0 Å². The van der Waals surface area contributed by atoms with Gasteiger partial charge >= 0.3 is 0 Å². The van der Waals surface area contributed by atoms with Gasteiger partial charge in [-0.2, -0.15) is 0 Å². The van der Waals surface area contributed by atoms with Crippen LogP contribution in [0.4, 0.5) is 4.39 Å². The Morgan fingerprint density at radius 1 is 1.47 bits per heavy atom. The minimum Gasteiger partial charge on any atom is -0.309 e. The zero-order chi connectivity index (χ0) is 12.4. The van der Waals surface area contributed by atoms with Crippen LogP contribution in [0.1, 0.15) is 16.5 Å². The molecule has 0 radical (unpaired) electrons. The number of hydrogen-bond donors (Lipinski definition) is 1. The van der Waals surface area contributed by atoms with E-state index in [1.54, 1.807) is 23.6 Å². The molecule has 0 saturated heterocycles. The molecule has 1 atom stereocenters. The molecule has 2 rings (SSSR count). The van der Waals surface area contributed by atoms with Crippen molar-refractivity contribution in [2.75, 3.05) is 7.05 Å². The molecule has 2 nitrogen and oxygen atoms in total. The van der Waals surface area contributed by atoms with Crippen LogP contribution < -0.4 is 5.32 Å². The normalized spacial score (nSPS) is 12.7. The second-order valence-electron chi connectivity index (χ2n) is 3.39. The van der Waals surface area contributed by atoms with E-state index in [4.69, 9.17) is 0 Å². The summed E-state index contributed by atoms with van der Waals surface area (Å²) in [6.45, 7) is 0. The number of pyridine rings is 1. The summed E-state index contributed by atoms with van der Waals surface area (Å²) in [6.07, 6.45) is 2.83. The highest BCUT2D eigenvalue weighted by Crippen LogP contribution is 2.37. The third kappa shape index (κ3) is 2.76. The summed E-state index contributed by atoms with van der Waals surface area (Å²) in [5.74, 6) is -0.299. The molecule has 0 aliphatic rings. The molecular weight excluding hydrogens is 371 g/mol. The van der Waals surface area contributed by atoms with Crippen LogP contribution in [0.2, 0.25) is 0 Å². The van der Waals surface area contributed by atoms with E-state index in [0.29, 0.717) is 5.56 Å². The minimum atomic E-state index is -0.299. The molecule has 17 heavy (non-hydrogen) atoms. The number of rotatable bonds is 3. The first-order chi connectivity index (χ1) is 8.13. The van der Waals surface area contributed by atoms with E-state index >= 15 is 0 Å². The molecule has 1 unspecified atom stereocenters. The Hall–Kier alpha value is -0.300. The lowest BCUT2D eigenvalue weighted by atomic mass is 10.1. The van der Waals surface area contributed by atoms with Crippen molar-refractivity contribution < 1.29 is 4.39 Å². The van der Waals surface area contributed by atoms with Gasteiger partial charge in [0.2, 0.25) is 0 Å². The molecular formula is C11H9Br2FN2S. The zero-order valence-electron chi connectivity index (χ0n) is 8.88. The van der Waals surface area contributed by atoms with Crippen molar-refractivity contribution in [3.05, 3.63) is 49.0 Å². The summed E-state index contributed by atoms with van der Waals surface area (Å²) in [5, 5.41) is 3.12. The van der Waals surface area contributed by atoms with Gasteiger partial charge in [-0.15, -0.1) is 11.3 Å². The first-order valence-corrected chi connectivity index (χ1v) is 7.25. The number of nitrogens with one attached hydrogen (secondary N) is 1. The van der Waals surface area contributed by atoms with E-state index in [2.05, 4.69) is 42.2 Å². The molecule has 2 heterocycles. The summed E-state index contributed by atoms with van der Waals surface area (Å²) in [4.78, 5) is 4.80. The minimum absolute atomic E-state index is 0.161. The standard InChI is InChI=1S/C11H9Br2FN2S/c1-15-10(6-2-3-16-5-8(6)14)9-4-7(12)11(13)17-9/h2-5,10,15H,1H3. The molecule has 2 aromatic rings. The Balaban J connectivity index is 2.44. The summed E-state index contributed by atoms with van der Waals surface area (Å²) >= 11 is 8.45. The van der Waals surface area contributed by atoms with E-state index in [1.807, 2.05) is 13.1 Å². The zero-order valence-corrected chi connectivity index (χ0v) is 12.9. The lowest BCUT2D eigenvalue weighted by molar-refractivity contribution is 0.573. The largest absolute Gasteiger partial charge is 0.309 e. The van der Waals surface area contributed by atoms with Gasteiger partial charge in [0.1, 0.15) is 5.82 Å². The SMILES string of the molecule is CNC(c1cc(Br)c(Br)s1)c1ccncc1F. The smallest absolute Gasteiger partial charge is 0.146 e. The molecule has 0 saturated carbocycles. The fourth-order valence-electron chi connectivity index (χ4n) is 1.58. The number of nitrogens with zero attached hydrogens (tertiary/aromatic N) is 1. The van der Waals surface area contributed by atoms with Gasteiger partial charge in [-0.1, -0.05) is 0 Å². The first-order valence-electron chi connectivity index (χ1n) is 4.85. The Labute approximate surface area is 120 Å². The van der Waals surface area contributed by atoms with E-state index in [9.17, 15) is 4.39 Å². The summed E-state index contributed by atoms with van der Waals surface area (Å²) in [6, 6.07) is 3.51. The molecule has 90 valence electrons. The predicted molar refractivity (Wildman–Crippen MR) is 74.8 cm³/mol. The van der Waals surface area contributed by atoms with Crippen LogP contribution in [0.5, 0.6) is 0 Å². The van der Waals surface area contributed by atoms with E-state index in [-0.39, 0.29) is 11.9 Å². The van der Waals surface area contributed by atoms with Crippen LogP contribution in [-0.4, -0.2) is 12.0 Å². The maximum atomic E-state index is 13.7. The summed E-state index contributed by atoms with van der Waals surface area (Å²) in [5.41, 5.74) is 0.601. The Bertz CT molecular complexity index is 510. The van der Waals surface area contributed by atoms with Crippen LogP contribution in [-0.2, 0) is 0 Å². The molecule has 0 fully saturated rings. The lowest BCUT2D eigenvalue weighted by Gasteiger charge is -2.15. The average Bonchev–Trinajstić information content (AvgIpc) is 2.63. The molecule has 0 amide bonds. The Morgan fingerprint density at radius 2 is 2.24 bits per heavy atom. The van der Waals surface area contributed by atoms with Crippen molar-refractivity contribution in [2.24, 2.45) is 0 Å². The van der Waals surface area contributed by atoms with Crippen LogP contribution in [0, 0.1) is 5.82 Å². The van der Waals surface area contributed by atoms with Crippen LogP contribution in [0.15, 0.2) is 32.8 Å². The molecule has 1 N–H and O–H groups in total. The quantitative estimate of drug-likeness (QED) is 0.867. The monoisotopic (exact) mass is 378 g/mol. The van der Waals surface area contributed by atoms with Crippen molar-refractivity contribution in [3.63, 3.8) is 0 Å². The third-order valence-electron chi connectivity index (χ3n) is 2.35. The highest BCUT2D eigenvalue weighted by Gasteiger charge is 2.19. The number of hydrogen-bond acceptors (Lipinski definition) is 3. The second-order valence-corrected chi connectivity index (χ2v) is 6.65. The second kappa shape index (κ2) is 5.56. The molecule has 0 aromatic carbocycles. The average molecular weight is 380 g/mol. The summed E-state index contributed by atoms with van der Waals surface area (Å²) < 4.78 is 15.7. The maximum absolute atomic E-state index is 13.7. The lowest BCUT2D eigenvalue weighted by Crippen LogP contribution is -2.17. The van der Waals surface area contributed by atoms with Gasteiger partial charge in [-0.05, 0) is 51.0 Å². The van der Waals surface area contributed by atoms with Crippen LogP contribution >= 0.6 is 43.2 Å². The predicted octanol–water partition coefficient (Wildman–Crippen LogP) is 4.12. The topological polar surface area (TPSA) is 24.9 Å². The first kappa shape index (κ1) is 13.1. The fourth-order valence-corrected chi connectivity index (χ4v) is 3.80. The van der Waals surface area contributed by atoms with Gasteiger partial charge in [0.05, 0.1) is 16.0 Å². The molecule has 0 bridgehead atoms.